The van der Waals surface area contributed by atoms with E-state index in [1.807, 2.05) is 0 Å². The number of aromatic hydroxyl groups is 1. The van der Waals surface area contributed by atoms with Crippen LogP contribution in [-0.2, 0) is 10.0 Å². The number of aromatic amines is 1. The number of nitrogens with one attached hydrogen (secondary N) is 2. The molecule has 0 unspecified atom stereocenters. The van der Waals surface area contributed by atoms with Gasteiger partial charge in [-0.15, -0.1) is 0 Å². The van der Waals surface area contributed by atoms with Gasteiger partial charge in [-0.25, -0.2) is 38.3 Å². The Morgan fingerprint density at radius 1 is 1.24 bits per heavy atom. The zero-order valence-electron chi connectivity index (χ0n) is 18.2. The molecule has 1 aliphatic rings. The number of rotatable bonds is 7. The molecule has 12 nitrogen and oxygen atoms in total. The van der Waals surface area contributed by atoms with Gasteiger partial charge in [-0.3, -0.25) is 9.78 Å². The summed E-state index contributed by atoms with van der Waals surface area (Å²) in [4.78, 5) is 31.9. The molecule has 2 heterocycles. The summed E-state index contributed by atoms with van der Waals surface area (Å²) in [6.07, 6.45) is -1.76. The number of hydrogen-bond acceptors (Lipinski definition) is 8. The Labute approximate surface area is 216 Å². The first kappa shape index (κ1) is 26.5. The average molecular weight is 575 g/mol. The number of alkyl halides is 2. The molecule has 3 N–H and O–H groups in total. The van der Waals surface area contributed by atoms with Gasteiger partial charge in [0.15, 0.2) is 17.2 Å². The second-order valence-corrected chi connectivity index (χ2v) is 10.3. The van der Waals surface area contributed by atoms with Crippen molar-refractivity contribution < 1.29 is 27.0 Å². The van der Waals surface area contributed by atoms with E-state index in [0.717, 1.165) is 24.4 Å². The van der Waals surface area contributed by atoms with Gasteiger partial charge < -0.3 is 14.7 Å². The highest BCUT2D eigenvalue weighted by Gasteiger charge is 2.37. The number of nitrogens with zero attached hydrogens (tertiary/aromatic N) is 4. The second-order valence-electron chi connectivity index (χ2n) is 7.76. The molecule has 0 saturated heterocycles. The summed E-state index contributed by atoms with van der Waals surface area (Å²) >= 11 is 12.4. The van der Waals surface area contributed by atoms with Crippen molar-refractivity contribution in [2.75, 3.05) is 0 Å². The van der Waals surface area contributed by atoms with Crippen LogP contribution in [0.15, 0.2) is 38.9 Å². The van der Waals surface area contributed by atoms with Gasteiger partial charge in [0.1, 0.15) is 4.90 Å². The number of halogens is 4. The molecule has 2 aromatic heterocycles. The smallest absolute Gasteiger partial charge is 0.349 e. The molecule has 0 amide bonds. The summed E-state index contributed by atoms with van der Waals surface area (Å²) in [5.41, 5.74) is -3.87. The van der Waals surface area contributed by atoms with Crippen molar-refractivity contribution in [1.82, 2.24) is 24.5 Å². The minimum Gasteiger partial charge on any atom is -0.505 e. The number of ether oxygens (including phenoxy) is 1. The number of hydrogen-bond donors (Lipinski definition) is 3. The van der Waals surface area contributed by atoms with Crippen molar-refractivity contribution in [1.29, 1.82) is 0 Å². The fourth-order valence-corrected chi connectivity index (χ4v) is 5.25. The standard InChI is InChI=1S/C20H14Cl2F2N6O6S/c1-25-8-2-9(3-8)29-37(34,35)14-6-15(26-7-13(14)31)36-17-11(21)4-10(5-12(17)22)30-20(33)27-19(32)16(28-30)18(23)24/h4-9,18,29,31H,2-3H2,(H,27,32,33). The third kappa shape index (κ3) is 5.42. The Balaban J connectivity index is 1.64. The Hall–Kier alpha value is -3.58. The van der Waals surface area contributed by atoms with Crippen LogP contribution in [0, 0.1) is 6.57 Å². The number of sulfonamides is 1. The summed E-state index contributed by atoms with van der Waals surface area (Å²) in [5, 5.41) is 12.9. The molecular formula is C20H14Cl2F2N6O6S. The molecule has 0 aliphatic heterocycles. The summed E-state index contributed by atoms with van der Waals surface area (Å²) < 4.78 is 59.9. The van der Waals surface area contributed by atoms with Crippen LogP contribution >= 0.6 is 23.2 Å². The zero-order valence-corrected chi connectivity index (χ0v) is 20.5. The number of benzene rings is 1. The van der Waals surface area contributed by atoms with E-state index in [-0.39, 0.29) is 33.4 Å². The van der Waals surface area contributed by atoms with Crippen molar-refractivity contribution in [3.63, 3.8) is 0 Å². The van der Waals surface area contributed by atoms with Crippen LogP contribution in [0.2, 0.25) is 10.0 Å². The Morgan fingerprint density at radius 3 is 2.49 bits per heavy atom. The molecule has 17 heteroatoms. The lowest BCUT2D eigenvalue weighted by Gasteiger charge is -2.27. The highest BCUT2D eigenvalue weighted by atomic mass is 35.5. The summed E-state index contributed by atoms with van der Waals surface area (Å²) in [6, 6.07) is 2.34. The summed E-state index contributed by atoms with van der Waals surface area (Å²) in [6.45, 7) is 6.95. The molecule has 1 fully saturated rings. The average Bonchev–Trinajstić information content (AvgIpc) is 2.79. The number of aromatic nitrogens is 4. The lowest BCUT2D eigenvalue weighted by molar-refractivity contribution is 0.141. The van der Waals surface area contributed by atoms with Gasteiger partial charge in [-0.1, -0.05) is 23.2 Å². The molecule has 0 bridgehead atoms. The van der Waals surface area contributed by atoms with Crippen molar-refractivity contribution in [3.8, 4) is 23.1 Å². The van der Waals surface area contributed by atoms with Crippen molar-refractivity contribution in [2.24, 2.45) is 0 Å². The molecule has 1 aliphatic carbocycles. The monoisotopic (exact) mass is 574 g/mol. The number of pyridine rings is 1. The van der Waals surface area contributed by atoms with E-state index in [9.17, 15) is 31.9 Å². The molecule has 4 rings (SSSR count). The van der Waals surface area contributed by atoms with Crippen molar-refractivity contribution >= 4 is 33.2 Å². The topological polar surface area (TPSA) is 161 Å². The highest BCUT2D eigenvalue weighted by molar-refractivity contribution is 7.89. The Bertz CT molecular complexity index is 1630. The van der Waals surface area contributed by atoms with E-state index < -0.39 is 50.1 Å². The summed E-state index contributed by atoms with van der Waals surface area (Å²) in [5.74, 6) is -1.24. The molecule has 194 valence electrons. The lowest BCUT2D eigenvalue weighted by Crippen LogP contribution is -2.45. The third-order valence-electron chi connectivity index (χ3n) is 5.22. The van der Waals surface area contributed by atoms with Crippen LogP contribution in [0.4, 0.5) is 8.78 Å². The van der Waals surface area contributed by atoms with Crippen LogP contribution in [0.25, 0.3) is 10.5 Å². The fourth-order valence-electron chi connectivity index (χ4n) is 3.36. The summed E-state index contributed by atoms with van der Waals surface area (Å²) in [7, 11) is -4.21. The molecule has 1 saturated carbocycles. The maximum atomic E-state index is 13.0. The Morgan fingerprint density at radius 2 is 1.89 bits per heavy atom. The van der Waals surface area contributed by atoms with Crippen molar-refractivity contribution in [2.45, 2.75) is 36.2 Å². The largest absolute Gasteiger partial charge is 0.505 e. The Kier molecular flexibility index (Phi) is 7.20. The maximum absolute atomic E-state index is 13.0. The van der Waals surface area contributed by atoms with Gasteiger partial charge in [0.25, 0.3) is 12.0 Å². The predicted molar refractivity (Wildman–Crippen MR) is 125 cm³/mol. The van der Waals surface area contributed by atoms with Gasteiger partial charge in [0.2, 0.25) is 21.9 Å². The van der Waals surface area contributed by atoms with Gasteiger partial charge in [0.05, 0.1) is 21.9 Å². The normalized spacial score (nSPS) is 17.3. The SMILES string of the molecule is [C-]#[N+]C1CC(NS(=O)(=O)c2cc(Oc3c(Cl)cc(-n4nc(C(F)F)c(=O)[nH]c4=O)cc3Cl)ncc2O)C1. The van der Waals surface area contributed by atoms with Crippen LogP contribution in [0.5, 0.6) is 17.4 Å². The predicted octanol–water partition coefficient (Wildman–Crippen LogP) is 2.79. The molecule has 1 aromatic carbocycles. The van der Waals surface area contributed by atoms with E-state index in [2.05, 4.69) is 19.6 Å². The van der Waals surface area contributed by atoms with Gasteiger partial charge >= 0.3 is 5.69 Å². The maximum Gasteiger partial charge on any atom is 0.349 e. The van der Waals surface area contributed by atoms with Crippen LogP contribution < -0.4 is 20.7 Å². The van der Waals surface area contributed by atoms with E-state index >= 15 is 0 Å². The van der Waals surface area contributed by atoms with E-state index in [1.165, 1.54) is 0 Å². The minimum atomic E-state index is -4.21. The van der Waals surface area contributed by atoms with Gasteiger partial charge in [0, 0.05) is 24.9 Å². The first-order valence-corrected chi connectivity index (χ1v) is 12.4. The molecule has 3 aromatic rings. The molecule has 0 radical (unpaired) electrons. The van der Waals surface area contributed by atoms with E-state index in [1.54, 1.807) is 4.98 Å². The lowest BCUT2D eigenvalue weighted by atomic mass is 9.88. The van der Waals surface area contributed by atoms with Gasteiger partial charge in [-0.05, 0) is 12.1 Å². The zero-order chi connectivity index (χ0) is 27.1. The minimum absolute atomic E-state index is 0.185. The van der Waals surface area contributed by atoms with E-state index in [0.29, 0.717) is 17.5 Å². The third-order valence-corrected chi connectivity index (χ3v) is 7.33. The molecule has 0 spiro atoms. The first-order valence-electron chi connectivity index (χ1n) is 10.2. The molecule has 37 heavy (non-hydrogen) atoms. The quantitative estimate of drug-likeness (QED) is 0.363. The van der Waals surface area contributed by atoms with Crippen molar-refractivity contribution in [3.05, 3.63) is 72.4 Å². The molecular weight excluding hydrogens is 561 g/mol. The van der Waals surface area contributed by atoms with E-state index in [4.69, 9.17) is 34.5 Å². The fraction of sp³-hybridized carbons (Fsp3) is 0.250. The number of H-pyrrole nitrogens is 1. The second kappa shape index (κ2) is 10.1. The van der Waals surface area contributed by atoms with Crippen LogP contribution in [0.3, 0.4) is 0 Å². The van der Waals surface area contributed by atoms with Gasteiger partial charge in [-0.2, -0.15) is 9.78 Å². The first-order chi connectivity index (χ1) is 17.4. The van der Waals surface area contributed by atoms with Crippen LogP contribution in [-0.4, -0.2) is 45.4 Å². The highest BCUT2D eigenvalue weighted by Crippen LogP contribution is 2.39. The van der Waals surface area contributed by atoms with Crippen LogP contribution in [0.1, 0.15) is 25.0 Å². The molecule has 0 atom stereocenters.